The van der Waals surface area contributed by atoms with E-state index in [2.05, 4.69) is 4.57 Å². The van der Waals surface area contributed by atoms with Gasteiger partial charge in [-0.1, -0.05) is 0 Å². The first kappa shape index (κ1) is 10.2. The highest BCUT2D eigenvalue weighted by atomic mass is 16.5. The van der Waals surface area contributed by atoms with Crippen LogP contribution in [-0.2, 0) is 0 Å². The van der Waals surface area contributed by atoms with Crippen LogP contribution in [0.3, 0.4) is 0 Å². The predicted molar refractivity (Wildman–Crippen MR) is 58.1 cm³/mol. The molecule has 0 radical (unpaired) electrons. The minimum Gasteiger partial charge on any atom is -0.488 e. The minimum atomic E-state index is -0.0519. The maximum Gasteiger partial charge on any atom is 0.223 e. The average Bonchev–Trinajstić information content (AvgIpc) is 3.05. The second kappa shape index (κ2) is 4.49. The van der Waals surface area contributed by atoms with Gasteiger partial charge in [-0.2, -0.15) is 0 Å². The Hall–Kier alpha value is -1.29. The van der Waals surface area contributed by atoms with E-state index in [0.717, 1.165) is 6.42 Å². The van der Waals surface area contributed by atoms with Crippen LogP contribution in [-0.4, -0.2) is 17.7 Å². The number of nitrogens with zero attached hydrogens (tertiary/aromatic N) is 1. The van der Waals surface area contributed by atoms with Crippen molar-refractivity contribution in [3.8, 4) is 5.75 Å². The zero-order chi connectivity index (χ0) is 10.7. The van der Waals surface area contributed by atoms with Crippen LogP contribution in [0, 0.1) is 0 Å². The fourth-order valence-corrected chi connectivity index (χ4v) is 1.45. The Balaban J connectivity index is 2.06. The van der Waals surface area contributed by atoms with Crippen LogP contribution in [0.4, 0.5) is 0 Å². The SMILES string of the molecule is NCCCOc1cn(C2CC2)ccc1=O. The van der Waals surface area contributed by atoms with Crippen molar-refractivity contribution in [1.29, 1.82) is 0 Å². The summed E-state index contributed by atoms with van der Waals surface area (Å²) in [5.74, 6) is 0.442. The highest BCUT2D eigenvalue weighted by Gasteiger charge is 2.22. The van der Waals surface area contributed by atoms with Crippen LogP contribution in [0.1, 0.15) is 25.3 Å². The van der Waals surface area contributed by atoms with Crippen molar-refractivity contribution in [3.63, 3.8) is 0 Å². The molecule has 1 aliphatic rings. The normalized spacial score (nSPS) is 15.3. The van der Waals surface area contributed by atoms with Crippen LogP contribution in [0.5, 0.6) is 5.75 Å². The third-order valence-corrected chi connectivity index (χ3v) is 2.48. The Morgan fingerprint density at radius 2 is 2.33 bits per heavy atom. The van der Waals surface area contributed by atoms with E-state index in [0.29, 0.717) is 24.9 Å². The van der Waals surface area contributed by atoms with E-state index in [-0.39, 0.29) is 5.43 Å². The molecule has 0 saturated heterocycles. The minimum absolute atomic E-state index is 0.0519. The molecular formula is C11H16N2O2. The Labute approximate surface area is 88.7 Å². The van der Waals surface area contributed by atoms with Crippen molar-refractivity contribution < 1.29 is 4.74 Å². The number of nitrogens with two attached hydrogens (primary N) is 1. The molecule has 2 rings (SSSR count). The van der Waals surface area contributed by atoms with E-state index < -0.39 is 0 Å². The summed E-state index contributed by atoms with van der Waals surface area (Å²) >= 11 is 0. The van der Waals surface area contributed by atoms with Crippen molar-refractivity contribution in [1.82, 2.24) is 4.57 Å². The van der Waals surface area contributed by atoms with Gasteiger partial charge in [0.25, 0.3) is 0 Å². The number of ether oxygens (including phenoxy) is 1. The van der Waals surface area contributed by atoms with Gasteiger partial charge in [-0.05, 0) is 25.8 Å². The molecule has 1 aromatic heterocycles. The molecule has 4 heteroatoms. The summed E-state index contributed by atoms with van der Waals surface area (Å²) in [6.45, 7) is 1.10. The monoisotopic (exact) mass is 208 g/mol. The lowest BCUT2D eigenvalue weighted by molar-refractivity contribution is 0.307. The summed E-state index contributed by atoms with van der Waals surface area (Å²) in [5.41, 5.74) is 5.30. The first-order chi connectivity index (χ1) is 7.31. The molecular weight excluding hydrogens is 192 g/mol. The molecule has 0 unspecified atom stereocenters. The quantitative estimate of drug-likeness (QED) is 0.732. The van der Waals surface area contributed by atoms with Gasteiger partial charge in [0.1, 0.15) is 0 Å². The molecule has 1 fully saturated rings. The molecule has 0 atom stereocenters. The van der Waals surface area contributed by atoms with Gasteiger partial charge in [-0.25, -0.2) is 0 Å². The van der Waals surface area contributed by atoms with Crippen molar-refractivity contribution >= 4 is 0 Å². The highest BCUT2D eigenvalue weighted by Crippen LogP contribution is 2.34. The maximum absolute atomic E-state index is 11.4. The van der Waals surface area contributed by atoms with Crippen molar-refractivity contribution in [2.24, 2.45) is 5.73 Å². The number of aromatic nitrogens is 1. The topological polar surface area (TPSA) is 57.2 Å². The lowest BCUT2D eigenvalue weighted by atomic mass is 10.4. The van der Waals surface area contributed by atoms with Gasteiger partial charge < -0.3 is 15.0 Å². The van der Waals surface area contributed by atoms with Crippen LogP contribution in [0.2, 0.25) is 0 Å². The molecule has 0 aromatic carbocycles. The summed E-state index contributed by atoms with van der Waals surface area (Å²) in [7, 11) is 0. The van der Waals surface area contributed by atoms with Crippen molar-refractivity contribution in [2.45, 2.75) is 25.3 Å². The van der Waals surface area contributed by atoms with E-state index in [1.807, 2.05) is 6.20 Å². The van der Waals surface area contributed by atoms with E-state index >= 15 is 0 Å². The fraction of sp³-hybridized carbons (Fsp3) is 0.545. The number of rotatable bonds is 5. The third kappa shape index (κ3) is 2.59. The van der Waals surface area contributed by atoms with E-state index in [9.17, 15) is 4.79 Å². The van der Waals surface area contributed by atoms with Crippen LogP contribution in [0.25, 0.3) is 0 Å². The molecule has 0 amide bonds. The van der Waals surface area contributed by atoms with Gasteiger partial charge in [-0.3, -0.25) is 4.79 Å². The zero-order valence-electron chi connectivity index (χ0n) is 8.69. The predicted octanol–water partition coefficient (Wildman–Crippen LogP) is 0.911. The molecule has 0 bridgehead atoms. The number of pyridine rings is 1. The Kier molecular flexibility index (Phi) is 3.06. The molecule has 1 heterocycles. The molecule has 4 nitrogen and oxygen atoms in total. The number of hydrogen-bond donors (Lipinski definition) is 1. The fourth-order valence-electron chi connectivity index (χ4n) is 1.45. The lowest BCUT2D eigenvalue weighted by Gasteiger charge is -2.08. The van der Waals surface area contributed by atoms with Gasteiger partial charge in [-0.15, -0.1) is 0 Å². The molecule has 1 aromatic rings. The molecule has 2 N–H and O–H groups in total. The van der Waals surface area contributed by atoms with Gasteiger partial charge >= 0.3 is 0 Å². The molecule has 1 saturated carbocycles. The standard InChI is InChI=1S/C11H16N2O2/c12-5-1-7-15-11-8-13(9-2-3-9)6-4-10(11)14/h4,6,8-9H,1-3,5,7,12H2. The third-order valence-electron chi connectivity index (χ3n) is 2.48. The smallest absolute Gasteiger partial charge is 0.223 e. The first-order valence-corrected chi connectivity index (χ1v) is 5.36. The average molecular weight is 208 g/mol. The second-order valence-corrected chi connectivity index (χ2v) is 3.84. The van der Waals surface area contributed by atoms with Crippen LogP contribution in [0.15, 0.2) is 23.3 Å². The van der Waals surface area contributed by atoms with Crippen molar-refractivity contribution in [3.05, 3.63) is 28.7 Å². The highest BCUT2D eigenvalue weighted by molar-refractivity contribution is 5.18. The zero-order valence-corrected chi connectivity index (χ0v) is 8.69. The van der Waals surface area contributed by atoms with Gasteiger partial charge in [0.15, 0.2) is 5.75 Å². The summed E-state index contributed by atoms with van der Waals surface area (Å²) in [5, 5.41) is 0. The maximum atomic E-state index is 11.4. The molecule has 1 aliphatic carbocycles. The summed E-state index contributed by atoms with van der Waals surface area (Å²) < 4.78 is 7.44. The molecule has 82 valence electrons. The van der Waals surface area contributed by atoms with Crippen LogP contribution >= 0.6 is 0 Å². The van der Waals surface area contributed by atoms with E-state index in [1.54, 1.807) is 12.3 Å². The van der Waals surface area contributed by atoms with E-state index in [1.165, 1.54) is 12.8 Å². The van der Waals surface area contributed by atoms with Gasteiger partial charge in [0.2, 0.25) is 5.43 Å². The van der Waals surface area contributed by atoms with E-state index in [4.69, 9.17) is 10.5 Å². The van der Waals surface area contributed by atoms with Crippen LogP contribution < -0.4 is 15.9 Å². The second-order valence-electron chi connectivity index (χ2n) is 3.84. The Morgan fingerprint density at radius 1 is 1.53 bits per heavy atom. The molecule has 0 spiro atoms. The van der Waals surface area contributed by atoms with Gasteiger partial charge in [0, 0.05) is 18.3 Å². The summed E-state index contributed by atoms with van der Waals surface area (Å²) in [6.07, 6.45) is 6.81. The largest absolute Gasteiger partial charge is 0.488 e. The molecule has 15 heavy (non-hydrogen) atoms. The Bertz CT molecular complexity index is 382. The first-order valence-electron chi connectivity index (χ1n) is 5.36. The van der Waals surface area contributed by atoms with Crippen molar-refractivity contribution in [2.75, 3.05) is 13.2 Å². The Morgan fingerprint density at radius 3 is 3.00 bits per heavy atom. The summed E-state index contributed by atoms with van der Waals surface area (Å²) in [4.78, 5) is 11.4. The molecule has 0 aliphatic heterocycles. The lowest BCUT2D eigenvalue weighted by Crippen LogP contribution is -2.13. The van der Waals surface area contributed by atoms with Gasteiger partial charge in [0.05, 0.1) is 12.8 Å². The number of hydrogen-bond acceptors (Lipinski definition) is 3. The summed E-state index contributed by atoms with van der Waals surface area (Å²) in [6, 6.07) is 2.14.